The van der Waals surface area contributed by atoms with Crippen molar-refractivity contribution in [2.45, 2.75) is 39.8 Å². The molecule has 2 rings (SSSR count). The zero-order valence-corrected chi connectivity index (χ0v) is 15.7. The fourth-order valence-corrected chi connectivity index (χ4v) is 2.78. The van der Waals surface area contributed by atoms with Gasteiger partial charge in [0.1, 0.15) is 11.6 Å². The van der Waals surface area contributed by atoms with E-state index in [1.54, 1.807) is 13.1 Å². The molecule has 0 aliphatic rings. The Kier molecular flexibility index (Phi) is 6.78. The van der Waals surface area contributed by atoms with Crippen LogP contribution in [0, 0.1) is 5.82 Å². The summed E-state index contributed by atoms with van der Waals surface area (Å²) >= 11 is 3.42. The number of nitrogens with zero attached hydrogens (tertiary/aromatic N) is 2. The molecular weight excluding hydrogens is 375 g/mol. The van der Waals surface area contributed by atoms with E-state index in [-0.39, 0.29) is 5.82 Å². The number of halogens is 2. The Morgan fingerprint density at radius 3 is 2.67 bits per heavy atom. The topological polar surface area (TPSA) is 62.5 Å². The van der Waals surface area contributed by atoms with E-state index in [2.05, 4.69) is 43.6 Å². The van der Waals surface area contributed by atoms with Gasteiger partial charge in [0.2, 0.25) is 0 Å². The molecule has 0 spiro atoms. The average molecular weight is 397 g/mol. The number of rotatable bonds is 6. The van der Waals surface area contributed by atoms with Crippen LogP contribution in [0.1, 0.15) is 36.4 Å². The summed E-state index contributed by atoms with van der Waals surface area (Å²) in [5, 5.41) is 10.5. The monoisotopic (exact) mass is 396 g/mol. The van der Waals surface area contributed by atoms with Gasteiger partial charge in [0, 0.05) is 36.6 Å². The largest absolute Gasteiger partial charge is 0.361 e. The van der Waals surface area contributed by atoms with Crippen LogP contribution in [0.4, 0.5) is 4.39 Å². The maximum atomic E-state index is 13.3. The molecule has 0 unspecified atom stereocenters. The minimum atomic E-state index is -0.261. The van der Waals surface area contributed by atoms with Crippen molar-refractivity contribution in [3.63, 3.8) is 0 Å². The van der Waals surface area contributed by atoms with Gasteiger partial charge in [-0.15, -0.1) is 0 Å². The summed E-state index contributed by atoms with van der Waals surface area (Å²) in [6.45, 7) is 5.14. The molecule has 0 bridgehead atoms. The summed E-state index contributed by atoms with van der Waals surface area (Å²) < 4.78 is 19.6. The molecule has 0 saturated carbocycles. The highest BCUT2D eigenvalue weighted by atomic mass is 79.9. The summed E-state index contributed by atoms with van der Waals surface area (Å²) in [6.07, 6.45) is 1.62. The smallest absolute Gasteiger partial charge is 0.191 e. The molecule has 24 heavy (non-hydrogen) atoms. The average Bonchev–Trinajstić information content (AvgIpc) is 2.99. The molecular formula is C17H22BrFN4O. The lowest BCUT2D eigenvalue weighted by atomic mass is 10.1. The lowest BCUT2D eigenvalue weighted by Crippen LogP contribution is -2.36. The van der Waals surface area contributed by atoms with Crippen molar-refractivity contribution in [2.75, 3.05) is 7.05 Å². The fraction of sp³-hybridized carbons (Fsp3) is 0.412. The number of aliphatic imine (C=N–C) groups is 1. The zero-order valence-electron chi connectivity index (χ0n) is 14.1. The summed E-state index contributed by atoms with van der Waals surface area (Å²) in [6, 6.07) is 4.61. The van der Waals surface area contributed by atoms with Crippen LogP contribution < -0.4 is 10.6 Å². The Morgan fingerprint density at radius 1 is 1.25 bits per heavy atom. The van der Waals surface area contributed by atoms with Crippen molar-refractivity contribution in [2.24, 2.45) is 4.99 Å². The molecule has 1 aromatic carbocycles. The van der Waals surface area contributed by atoms with Gasteiger partial charge in [0.15, 0.2) is 5.96 Å². The zero-order chi connectivity index (χ0) is 17.5. The molecule has 130 valence electrons. The molecule has 1 aromatic heterocycles. The van der Waals surface area contributed by atoms with Gasteiger partial charge in [-0.1, -0.05) is 34.9 Å². The second-order valence-electron chi connectivity index (χ2n) is 5.25. The Bertz CT molecular complexity index is 693. The van der Waals surface area contributed by atoms with Gasteiger partial charge in [-0.25, -0.2) is 4.39 Å². The van der Waals surface area contributed by atoms with Crippen molar-refractivity contribution in [1.29, 1.82) is 0 Å². The predicted octanol–water partition coefficient (Wildman–Crippen LogP) is 3.57. The lowest BCUT2D eigenvalue weighted by Gasteiger charge is -2.13. The maximum absolute atomic E-state index is 13.3. The number of benzene rings is 1. The summed E-state index contributed by atoms with van der Waals surface area (Å²) in [5.41, 5.74) is 2.86. The second kappa shape index (κ2) is 8.82. The Labute approximate surface area is 149 Å². The lowest BCUT2D eigenvalue weighted by molar-refractivity contribution is 0.380. The number of aromatic nitrogens is 1. The van der Waals surface area contributed by atoms with Crippen molar-refractivity contribution in [1.82, 2.24) is 15.8 Å². The van der Waals surface area contributed by atoms with Crippen LogP contribution in [0.5, 0.6) is 0 Å². The number of guanidine groups is 1. The van der Waals surface area contributed by atoms with Crippen LogP contribution in [-0.4, -0.2) is 18.2 Å². The Hall–Kier alpha value is -1.89. The molecule has 0 aliphatic carbocycles. The minimum Gasteiger partial charge on any atom is -0.361 e. The van der Waals surface area contributed by atoms with Crippen LogP contribution in [0.15, 0.2) is 32.2 Å². The molecule has 0 radical (unpaired) electrons. The first-order chi connectivity index (χ1) is 11.6. The van der Waals surface area contributed by atoms with Crippen molar-refractivity contribution in [3.8, 4) is 0 Å². The highest BCUT2D eigenvalue weighted by Gasteiger charge is 2.13. The molecule has 7 heteroatoms. The van der Waals surface area contributed by atoms with Crippen LogP contribution in [0.25, 0.3) is 0 Å². The minimum absolute atomic E-state index is 0.261. The van der Waals surface area contributed by atoms with Gasteiger partial charge < -0.3 is 15.2 Å². The maximum Gasteiger partial charge on any atom is 0.191 e. The second-order valence-corrected chi connectivity index (χ2v) is 6.11. The van der Waals surface area contributed by atoms with E-state index < -0.39 is 0 Å². The third kappa shape index (κ3) is 4.56. The number of aryl methyl sites for hydroxylation is 2. The van der Waals surface area contributed by atoms with Crippen molar-refractivity contribution < 1.29 is 8.91 Å². The van der Waals surface area contributed by atoms with E-state index in [9.17, 15) is 4.39 Å². The van der Waals surface area contributed by atoms with Gasteiger partial charge in [-0.2, -0.15) is 0 Å². The van der Waals surface area contributed by atoms with Gasteiger partial charge >= 0.3 is 0 Å². The quantitative estimate of drug-likeness (QED) is 0.578. The van der Waals surface area contributed by atoms with E-state index in [0.717, 1.165) is 39.9 Å². The number of hydrogen-bond donors (Lipinski definition) is 2. The Morgan fingerprint density at radius 2 is 2.00 bits per heavy atom. The molecule has 0 amide bonds. The van der Waals surface area contributed by atoms with Gasteiger partial charge in [0.05, 0.1) is 5.69 Å². The third-order valence-electron chi connectivity index (χ3n) is 3.72. The van der Waals surface area contributed by atoms with E-state index in [0.29, 0.717) is 19.0 Å². The van der Waals surface area contributed by atoms with E-state index in [1.807, 2.05) is 6.92 Å². The van der Waals surface area contributed by atoms with Crippen LogP contribution in [0.3, 0.4) is 0 Å². The molecule has 1 heterocycles. The summed E-state index contributed by atoms with van der Waals surface area (Å²) in [4.78, 5) is 4.20. The standard InChI is InChI=1S/C17H22BrFN4O/c1-4-15-13(16(5-2)24-23-15)10-22-17(20-3)21-9-11-8-12(19)6-7-14(11)18/h6-8H,4-5,9-10H2,1-3H3,(H2,20,21,22). The first-order valence-electron chi connectivity index (χ1n) is 7.93. The van der Waals surface area contributed by atoms with E-state index in [4.69, 9.17) is 4.52 Å². The highest BCUT2D eigenvalue weighted by molar-refractivity contribution is 9.10. The highest BCUT2D eigenvalue weighted by Crippen LogP contribution is 2.18. The van der Waals surface area contributed by atoms with Crippen molar-refractivity contribution in [3.05, 3.63) is 51.1 Å². The van der Waals surface area contributed by atoms with Crippen LogP contribution >= 0.6 is 15.9 Å². The first-order valence-corrected chi connectivity index (χ1v) is 8.73. The fourth-order valence-electron chi connectivity index (χ4n) is 2.39. The van der Waals surface area contributed by atoms with E-state index >= 15 is 0 Å². The Balaban J connectivity index is 1.98. The first kappa shape index (κ1) is 18.4. The number of nitrogens with one attached hydrogen (secondary N) is 2. The third-order valence-corrected chi connectivity index (χ3v) is 4.49. The molecule has 0 saturated heterocycles. The molecule has 2 N–H and O–H groups in total. The van der Waals surface area contributed by atoms with Gasteiger partial charge in [-0.3, -0.25) is 4.99 Å². The molecule has 0 aliphatic heterocycles. The van der Waals surface area contributed by atoms with Crippen LogP contribution in [-0.2, 0) is 25.9 Å². The van der Waals surface area contributed by atoms with Gasteiger partial charge in [-0.05, 0) is 30.2 Å². The molecule has 5 nitrogen and oxygen atoms in total. The van der Waals surface area contributed by atoms with Crippen molar-refractivity contribution >= 4 is 21.9 Å². The summed E-state index contributed by atoms with van der Waals surface area (Å²) in [5.74, 6) is 1.27. The van der Waals surface area contributed by atoms with Crippen LogP contribution in [0.2, 0.25) is 0 Å². The molecule has 2 aromatic rings. The number of hydrogen-bond acceptors (Lipinski definition) is 3. The molecule has 0 fully saturated rings. The normalized spacial score (nSPS) is 11.6. The SMILES string of the molecule is CCc1noc(CC)c1CNC(=NC)NCc1cc(F)ccc1Br. The molecule has 0 atom stereocenters. The van der Waals surface area contributed by atoms with E-state index in [1.165, 1.54) is 12.1 Å². The predicted molar refractivity (Wildman–Crippen MR) is 96.4 cm³/mol. The van der Waals surface area contributed by atoms with Gasteiger partial charge in [0.25, 0.3) is 0 Å². The summed E-state index contributed by atoms with van der Waals surface area (Å²) in [7, 11) is 1.70.